The molecule has 0 bridgehead atoms. The summed E-state index contributed by atoms with van der Waals surface area (Å²) >= 11 is 0. The van der Waals surface area contributed by atoms with Crippen LogP contribution in [0.25, 0.3) is 0 Å². The second-order valence-electron chi connectivity index (χ2n) is 3.07. The Bertz CT molecular complexity index is 154. The highest BCUT2D eigenvalue weighted by molar-refractivity contribution is 4.85. The second kappa shape index (κ2) is 10.5. The first kappa shape index (κ1) is 13.4. The Morgan fingerprint density at radius 1 is 1.43 bits per heavy atom. The zero-order chi connectivity index (χ0) is 10.6. The molecule has 3 nitrogen and oxygen atoms in total. The minimum absolute atomic E-state index is 0.368. The first-order valence-corrected chi connectivity index (χ1v) is 5.08. The van der Waals surface area contributed by atoms with Crippen LogP contribution in [0, 0.1) is 12.3 Å². The van der Waals surface area contributed by atoms with Crippen molar-refractivity contribution in [2.75, 3.05) is 33.5 Å². The van der Waals surface area contributed by atoms with E-state index in [0.717, 1.165) is 19.4 Å². The molecule has 1 atom stereocenters. The Balaban J connectivity index is 3.46. The number of terminal acetylenes is 1. The van der Waals surface area contributed by atoms with Crippen LogP contribution >= 0.6 is 0 Å². The molecule has 1 N–H and O–H groups in total. The molecule has 82 valence electrons. The summed E-state index contributed by atoms with van der Waals surface area (Å²) < 4.78 is 10.3. The van der Waals surface area contributed by atoms with Gasteiger partial charge in [0.15, 0.2) is 0 Å². The second-order valence-corrected chi connectivity index (χ2v) is 3.07. The SMILES string of the molecule is C#CCCC(COCCOC)NCC. The van der Waals surface area contributed by atoms with Gasteiger partial charge in [0.05, 0.1) is 19.8 Å². The lowest BCUT2D eigenvalue weighted by Gasteiger charge is -2.16. The Morgan fingerprint density at radius 3 is 2.79 bits per heavy atom. The zero-order valence-electron chi connectivity index (χ0n) is 9.21. The average molecular weight is 199 g/mol. The van der Waals surface area contributed by atoms with Crippen LogP contribution in [0.2, 0.25) is 0 Å². The van der Waals surface area contributed by atoms with Gasteiger partial charge >= 0.3 is 0 Å². The molecule has 0 aliphatic rings. The van der Waals surface area contributed by atoms with Crippen molar-refractivity contribution in [3.8, 4) is 12.3 Å². The third-order valence-electron chi connectivity index (χ3n) is 1.88. The summed E-state index contributed by atoms with van der Waals surface area (Å²) in [4.78, 5) is 0. The molecule has 0 amide bonds. The van der Waals surface area contributed by atoms with Gasteiger partial charge in [-0.25, -0.2) is 0 Å². The van der Waals surface area contributed by atoms with Crippen LogP contribution in [0.1, 0.15) is 19.8 Å². The number of nitrogens with one attached hydrogen (secondary N) is 1. The number of rotatable bonds is 9. The van der Waals surface area contributed by atoms with Crippen LogP contribution in [0.5, 0.6) is 0 Å². The van der Waals surface area contributed by atoms with E-state index in [9.17, 15) is 0 Å². The van der Waals surface area contributed by atoms with E-state index >= 15 is 0 Å². The van der Waals surface area contributed by atoms with Gasteiger partial charge in [-0.1, -0.05) is 6.92 Å². The van der Waals surface area contributed by atoms with E-state index in [2.05, 4.69) is 18.2 Å². The van der Waals surface area contributed by atoms with Gasteiger partial charge in [-0.05, 0) is 13.0 Å². The Kier molecular flexibility index (Phi) is 10.1. The maximum absolute atomic E-state index is 5.43. The molecule has 0 fully saturated rings. The average Bonchev–Trinajstić information content (AvgIpc) is 2.20. The quantitative estimate of drug-likeness (QED) is 0.444. The molecule has 0 heterocycles. The largest absolute Gasteiger partial charge is 0.382 e. The molecule has 0 aromatic rings. The van der Waals surface area contributed by atoms with Crippen molar-refractivity contribution in [3.05, 3.63) is 0 Å². The molecule has 1 unspecified atom stereocenters. The Hall–Kier alpha value is -0.560. The monoisotopic (exact) mass is 199 g/mol. The van der Waals surface area contributed by atoms with Crippen molar-refractivity contribution in [3.63, 3.8) is 0 Å². The molecule has 0 rings (SSSR count). The minimum Gasteiger partial charge on any atom is -0.382 e. The minimum atomic E-state index is 0.368. The van der Waals surface area contributed by atoms with Gasteiger partial charge in [-0.15, -0.1) is 12.3 Å². The molecule has 0 aliphatic heterocycles. The predicted octanol–water partition coefficient (Wildman–Crippen LogP) is 1.04. The first-order valence-electron chi connectivity index (χ1n) is 5.08. The highest BCUT2D eigenvalue weighted by atomic mass is 16.5. The van der Waals surface area contributed by atoms with Gasteiger partial charge in [-0.2, -0.15) is 0 Å². The maximum Gasteiger partial charge on any atom is 0.0701 e. The van der Waals surface area contributed by atoms with E-state index in [0.29, 0.717) is 25.9 Å². The lowest BCUT2D eigenvalue weighted by atomic mass is 10.2. The summed E-state index contributed by atoms with van der Waals surface area (Å²) in [7, 11) is 1.67. The maximum atomic E-state index is 5.43. The van der Waals surface area contributed by atoms with Crippen molar-refractivity contribution in [1.29, 1.82) is 0 Å². The van der Waals surface area contributed by atoms with E-state index in [4.69, 9.17) is 15.9 Å². The summed E-state index contributed by atoms with van der Waals surface area (Å²) in [5.41, 5.74) is 0. The van der Waals surface area contributed by atoms with Gasteiger partial charge in [0.2, 0.25) is 0 Å². The Labute approximate surface area is 87.2 Å². The molecule has 0 saturated heterocycles. The van der Waals surface area contributed by atoms with E-state index in [-0.39, 0.29) is 0 Å². The summed E-state index contributed by atoms with van der Waals surface area (Å²) in [5, 5.41) is 3.33. The van der Waals surface area contributed by atoms with Crippen LogP contribution in [-0.4, -0.2) is 39.5 Å². The van der Waals surface area contributed by atoms with Gasteiger partial charge in [0.25, 0.3) is 0 Å². The smallest absolute Gasteiger partial charge is 0.0701 e. The summed E-state index contributed by atoms with van der Waals surface area (Å²) in [6.07, 6.45) is 6.98. The normalized spacial score (nSPS) is 12.4. The van der Waals surface area contributed by atoms with E-state index in [1.807, 2.05) is 0 Å². The number of hydrogen-bond donors (Lipinski definition) is 1. The predicted molar refractivity (Wildman–Crippen MR) is 58.2 cm³/mol. The van der Waals surface area contributed by atoms with Crippen molar-refractivity contribution >= 4 is 0 Å². The summed E-state index contributed by atoms with van der Waals surface area (Å²) in [6.45, 7) is 5.03. The van der Waals surface area contributed by atoms with Crippen LogP contribution in [0.15, 0.2) is 0 Å². The third-order valence-corrected chi connectivity index (χ3v) is 1.88. The molecule has 0 aromatic heterocycles. The van der Waals surface area contributed by atoms with Gasteiger partial charge in [0, 0.05) is 19.6 Å². The number of hydrogen-bond acceptors (Lipinski definition) is 3. The zero-order valence-corrected chi connectivity index (χ0v) is 9.21. The molecule has 3 heteroatoms. The van der Waals surface area contributed by atoms with Crippen molar-refractivity contribution in [2.45, 2.75) is 25.8 Å². The van der Waals surface area contributed by atoms with Crippen LogP contribution in [-0.2, 0) is 9.47 Å². The topological polar surface area (TPSA) is 30.5 Å². The molecular formula is C11H21NO2. The van der Waals surface area contributed by atoms with Crippen LogP contribution in [0.3, 0.4) is 0 Å². The summed E-state index contributed by atoms with van der Waals surface area (Å²) in [6, 6.07) is 0.368. The van der Waals surface area contributed by atoms with Crippen molar-refractivity contribution in [1.82, 2.24) is 5.32 Å². The fourth-order valence-electron chi connectivity index (χ4n) is 1.16. The van der Waals surface area contributed by atoms with Crippen LogP contribution < -0.4 is 5.32 Å². The lowest BCUT2D eigenvalue weighted by Crippen LogP contribution is -2.33. The molecule has 0 saturated carbocycles. The molecule has 0 spiro atoms. The van der Waals surface area contributed by atoms with E-state index in [1.165, 1.54) is 0 Å². The number of methoxy groups -OCH3 is 1. The molecule has 0 aliphatic carbocycles. The van der Waals surface area contributed by atoms with E-state index < -0.39 is 0 Å². The highest BCUT2D eigenvalue weighted by Crippen LogP contribution is 1.97. The summed E-state index contributed by atoms with van der Waals surface area (Å²) in [5.74, 6) is 2.64. The van der Waals surface area contributed by atoms with E-state index in [1.54, 1.807) is 7.11 Å². The third kappa shape index (κ3) is 8.06. The fourth-order valence-corrected chi connectivity index (χ4v) is 1.16. The van der Waals surface area contributed by atoms with Gasteiger partial charge < -0.3 is 14.8 Å². The molecule has 14 heavy (non-hydrogen) atoms. The van der Waals surface area contributed by atoms with Gasteiger partial charge in [-0.3, -0.25) is 0 Å². The Morgan fingerprint density at radius 2 is 2.21 bits per heavy atom. The fraction of sp³-hybridized carbons (Fsp3) is 0.818. The molecule has 0 radical (unpaired) electrons. The van der Waals surface area contributed by atoms with Crippen LogP contribution in [0.4, 0.5) is 0 Å². The van der Waals surface area contributed by atoms with Gasteiger partial charge in [0.1, 0.15) is 0 Å². The lowest BCUT2D eigenvalue weighted by molar-refractivity contribution is 0.0579. The molecule has 0 aromatic carbocycles. The highest BCUT2D eigenvalue weighted by Gasteiger charge is 2.05. The molecular weight excluding hydrogens is 178 g/mol. The van der Waals surface area contributed by atoms with Crippen molar-refractivity contribution < 1.29 is 9.47 Å². The first-order chi connectivity index (χ1) is 6.85. The van der Waals surface area contributed by atoms with Crippen molar-refractivity contribution in [2.24, 2.45) is 0 Å². The number of ether oxygens (including phenoxy) is 2. The standard InChI is InChI=1S/C11H21NO2/c1-4-6-7-11(12-5-2)10-14-9-8-13-3/h1,11-12H,5-10H2,2-3H3. The number of likely N-dealkylation sites (N-methyl/N-ethyl adjacent to an activating group) is 1.